The highest BCUT2D eigenvalue weighted by Gasteiger charge is 2.47. The van der Waals surface area contributed by atoms with Gasteiger partial charge in [0.25, 0.3) is 0 Å². The third-order valence-corrected chi connectivity index (χ3v) is 4.58. The van der Waals surface area contributed by atoms with E-state index in [9.17, 15) is 0 Å². The van der Waals surface area contributed by atoms with Crippen LogP contribution in [0, 0.1) is 17.8 Å². The van der Waals surface area contributed by atoms with E-state index < -0.39 is 0 Å². The van der Waals surface area contributed by atoms with Crippen molar-refractivity contribution in [3.05, 3.63) is 0 Å². The normalized spacial score (nSPS) is 57.2. The zero-order valence-electron chi connectivity index (χ0n) is 8.00. The van der Waals surface area contributed by atoms with Crippen LogP contribution in [0.2, 0.25) is 0 Å². The SMILES string of the molecule is CC1CCC2C3CCN(CC3)C12. The molecular weight excluding hydrogens is 146 g/mol. The van der Waals surface area contributed by atoms with Gasteiger partial charge in [-0.05, 0) is 56.5 Å². The second-order valence-electron chi connectivity index (χ2n) is 5.08. The Morgan fingerprint density at radius 3 is 2.42 bits per heavy atom. The third kappa shape index (κ3) is 0.834. The fourth-order valence-electron chi connectivity index (χ4n) is 4.01. The van der Waals surface area contributed by atoms with Gasteiger partial charge in [-0.25, -0.2) is 0 Å². The first kappa shape index (κ1) is 7.37. The number of piperidine rings is 3. The van der Waals surface area contributed by atoms with Crippen LogP contribution in [-0.2, 0) is 0 Å². The molecule has 0 aromatic carbocycles. The zero-order chi connectivity index (χ0) is 8.13. The summed E-state index contributed by atoms with van der Waals surface area (Å²) in [4.78, 5) is 2.78. The van der Waals surface area contributed by atoms with Crippen molar-refractivity contribution >= 4 is 0 Å². The summed E-state index contributed by atoms with van der Waals surface area (Å²) in [6, 6.07) is 0.998. The molecule has 3 aliphatic heterocycles. The first-order valence-corrected chi connectivity index (χ1v) is 5.60. The lowest BCUT2D eigenvalue weighted by Crippen LogP contribution is -2.54. The van der Waals surface area contributed by atoms with Crippen molar-refractivity contribution in [2.45, 2.75) is 38.6 Å². The maximum absolute atomic E-state index is 2.78. The van der Waals surface area contributed by atoms with Crippen molar-refractivity contribution in [3.63, 3.8) is 0 Å². The number of hydrogen-bond acceptors (Lipinski definition) is 1. The molecule has 0 aromatic rings. The van der Waals surface area contributed by atoms with Crippen LogP contribution < -0.4 is 0 Å². The van der Waals surface area contributed by atoms with Crippen LogP contribution in [0.15, 0.2) is 0 Å². The van der Waals surface area contributed by atoms with Gasteiger partial charge in [0.05, 0.1) is 0 Å². The van der Waals surface area contributed by atoms with Gasteiger partial charge >= 0.3 is 0 Å². The number of nitrogens with zero attached hydrogens (tertiary/aromatic N) is 1. The highest BCUT2D eigenvalue weighted by Crippen LogP contribution is 2.47. The quantitative estimate of drug-likeness (QED) is 0.531. The van der Waals surface area contributed by atoms with Crippen LogP contribution in [0.1, 0.15) is 32.6 Å². The lowest BCUT2D eigenvalue weighted by Gasteiger charge is -2.49. The van der Waals surface area contributed by atoms with E-state index in [4.69, 9.17) is 0 Å². The molecule has 3 heterocycles. The Morgan fingerprint density at radius 2 is 1.75 bits per heavy atom. The van der Waals surface area contributed by atoms with Gasteiger partial charge in [-0.15, -0.1) is 0 Å². The molecule has 2 bridgehead atoms. The number of rotatable bonds is 0. The second-order valence-corrected chi connectivity index (χ2v) is 5.08. The fourth-order valence-corrected chi connectivity index (χ4v) is 4.01. The summed E-state index contributed by atoms with van der Waals surface area (Å²) >= 11 is 0. The Morgan fingerprint density at radius 1 is 1.00 bits per heavy atom. The molecule has 4 fully saturated rings. The first-order valence-electron chi connectivity index (χ1n) is 5.60. The molecule has 1 nitrogen and oxygen atoms in total. The molecule has 1 aliphatic carbocycles. The number of hydrogen-bond donors (Lipinski definition) is 0. The van der Waals surface area contributed by atoms with E-state index in [2.05, 4.69) is 11.8 Å². The van der Waals surface area contributed by atoms with Crippen LogP contribution in [0.3, 0.4) is 0 Å². The van der Waals surface area contributed by atoms with Crippen molar-refractivity contribution < 1.29 is 0 Å². The van der Waals surface area contributed by atoms with Crippen molar-refractivity contribution in [1.29, 1.82) is 0 Å². The first-order chi connectivity index (χ1) is 5.86. The van der Waals surface area contributed by atoms with Crippen LogP contribution >= 0.6 is 0 Å². The molecule has 0 aromatic heterocycles. The van der Waals surface area contributed by atoms with Gasteiger partial charge in [0.15, 0.2) is 0 Å². The summed E-state index contributed by atoms with van der Waals surface area (Å²) in [7, 11) is 0. The molecule has 0 N–H and O–H groups in total. The summed E-state index contributed by atoms with van der Waals surface area (Å²) < 4.78 is 0. The van der Waals surface area contributed by atoms with Crippen molar-refractivity contribution in [2.24, 2.45) is 17.8 Å². The summed E-state index contributed by atoms with van der Waals surface area (Å²) in [6.07, 6.45) is 6.05. The molecule has 3 saturated heterocycles. The summed E-state index contributed by atoms with van der Waals surface area (Å²) in [6.45, 7) is 5.29. The molecule has 3 atom stereocenters. The molecule has 4 rings (SSSR count). The van der Waals surface area contributed by atoms with Crippen LogP contribution in [0.4, 0.5) is 0 Å². The maximum Gasteiger partial charge on any atom is 0.0152 e. The van der Waals surface area contributed by atoms with Crippen LogP contribution in [0.5, 0.6) is 0 Å². The van der Waals surface area contributed by atoms with Gasteiger partial charge in [0, 0.05) is 6.04 Å². The van der Waals surface area contributed by atoms with E-state index in [-0.39, 0.29) is 0 Å². The Bertz CT molecular complexity index is 181. The predicted molar refractivity (Wildman–Crippen MR) is 50.0 cm³/mol. The van der Waals surface area contributed by atoms with Gasteiger partial charge in [-0.2, -0.15) is 0 Å². The van der Waals surface area contributed by atoms with Crippen molar-refractivity contribution in [2.75, 3.05) is 13.1 Å². The topological polar surface area (TPSA) is 3.24 Å². The maximum atomic E-state index is 2.78. The second kappa shape index (κ2) is 2.47. The molecule has 68 valence electrons. The van der Waals surface area contributed by atoms with Gasteiger partial charge in [0.2, 0.25) is 0 Å². The molecule has 1 saturated carbocycles. The fraction of sp³-hybridized carbons (Fsp3) is 1.00. The van der Waals surface area contributed by atoms with Crippen LogP contribution in [0.25, 0.3) is 0 Å². The van der Waals surface area contributed by atoms with E-state index in [1.165, 1.54) is 38.8 Å². The molecule has 0 radical (unpaired) electrons. The average molecular weight is 165 g/mol. The molecule has 3 unspecified atom stereocenters. The molecule has 12 heavy (non-hydrogen) atoms. The highest BCUT2D eigenvalue weighted by molar-refractivity contribution is 5.00. The van der Waals surface area contributed by atoms with E-state index >= 15 is 0 Å². The Labute approximate surface area is 75.1 Å². The van der Waals surface area contributed by atoms with E-state index in [0.717, 1.165) is 23.8 Å². The lowest BCUT2D eigenvalue weighted by molar-refractivity contribution is -0.00685. The largest absolute Gasteiger partial charge is 0.300 e. The predicted octanol–water partition coefficient (Wildman–Crippen LogP) is 2.13. The van der Waals surface area contributed by atoms with Gasteiger partial charge in [-0.1, -0.05) is 6.92 Å². The van der Waals surface area contributed by atoms with Crippen molar-refractivity contribution in [1.82, 2.24) is 4.90 Å². The highest BCUT2D eigenvalue weighted by atomic mass is 15.2. The standard InChI is InChI=1S/C11H19N/c1-8-2-3-10-9-4-6-12(7-5-9)11(8)10/h8-11H,2-7H2,1H3. The molecule has 0 spiro atoms. The third-order valence-electron chi connectivity index (χ3n) is 4.58. The smallest absolute Gasteiger partial charge is 0.0152 e. The molecule has 4 aliphatic rings. The van der Waals surface area contributed by atoms with E-state index in [1.807, 2.05) is 0 Å². The van der Waals surface area contributed by atoms with E-state index in [1.54, 1.807) is 0 Å². The molecule has 1 heteroatoms. The van der Waals surface area contributed by atoms with Gasteiger partial charge in [-0.3, -0.25) is 4.90 Å². The van der Waals surface area contributed by atoms with Crippen LogP contribution in [-0.4, -0.2) is 24.0 Å². The average Bonchev–Trinajstić information content (AvgIpc) is 2.53. The molecule has 0 amide bonds. The Kier molecular flexibility index (Phi) is 1.52. The minimum absolute atomic E-state index is 0.998. The monoisotopic (exact) mass is 165 g/mol. The summed E-state index contributed by atoms with van der Waals surface area (Å²) in [5.41, 5.74) is 0. The Balaban J connectivity index is 1.89. The zero-order valence-corrected chi connectivity index (χ0v) is 8.00. The Hall–Kier alpha value is -0.0400. The lowest BCUT2D eigenvalue weighted by atomic mass is 9.74. The summed E-state index contributed by atoms with van der Waals surface area (Å²) in [5, 5.41) is 0. The van der Waals surface area contributed by atoms with Gasteiger partial charge in [0.1, 0.15) is 0 Å². The number of fused-ring (bicyclic) bond motifs is 2. The van der Waals surface area contributed by atoms with Gasteiger partial charge < -0.3 is 0 Å². The van der Waals surface area contributed by atoms with Crippen molar-refractivity contribution in [3.8, 4) is 0 Å². The molecular formula is C11H19N. The minimum Gasteiger partial charge on any atom is -0.300 e. The summed E-state index contributed by atoms with van der Waals surface area (Å²) in [5.74, 6) is 3.21. The minimum atomic E-state index is 0.998. The van der Waals surface area contributed by atoms with E-state index in [0.29, 0.717) is 0 Å².